The fraction of sp³-hybridized carbons (Fsp3) is 1.00. The van der Waals surface area contributed by atoms with Gasteiger partial charge in [-0.2, -0.15) is 11.8 Å². The van der Waals surface area contributed by atoms with E-state index in [4.69, 9.17) is 0 Å². The van der Waals surface area contributed by atoms with Gasteiger partial charge in [0.05, 0.1) is 0 Å². The average Bonchev–Trinajstić information content (AvgIpc) is 2.42. The largest absolute Gasteiger partial charge is 0.310 e. The van der Waals surface area contributed by atoms with Crippen molar-refractivity contribution in [1.29, 1.82) is 0 Å². The second kappa shape index (κ2) is 6.85. The fourth-order valence-corrected chi connectivity index (χ4v) is 4.93. The van der Waals surface area contributed by atoms with Crippen molar-refractivity contribution in [3.8, 4) is 0 Å². The van der Waals surface area contributed by atoms with Gasteiger partial charge in [0.25, 0.3) is 0 Å². The quantitative estimate of drug-likeness (QED) is 0.791. The zero-order chi connectivity index (χ0) is 13.9. The molecule has 1 nitrogen and oxygen atoms in total. The van der Waals surface area contributed by atoms with Crippen LogP contribution >= 0.6 is 11.8 Å². The molecule has 0 aromatic rings. The second-order valence-electron chi connectivity index (χ2n) is 7.38. The van der Waals surface area contributed by atoms with E-state index in [9.17, 15) is 0 Å². The molecule has 2 rings (SSSR count). The van der Waals surface area contributed by atoms with E-state index in [0.717, 1.165) is 23.3 Å². The van der Waals surface area contributed by atoms with Gasteiger partial charge < -0.3 is 5.32 Å². The summed E-state index contributed by atoms with van der Waals surface area (Å²) < 4.78 is 0. The van der Waals surface area contributed by atoms with Crippen molar-refractivity contribution in [3.05, 3.63) is 0 Å². The maximum absolute atomic E-state index is 3.98. The van der Waals surface area contributed by atoms with Crippen LogP contribution in [0.2, 0.25) is 0 Å². The molecule has 112 valence electrons. The average molecular weight is 284 g/mol. The third-order valence-electron chi connectivity index (χ3n) is 5.80. The molecule has 2 atom stereocenters. The third-order valence-corrected chi connectivity index (χ3v) is 7.18. The molecule has 0 bridgehead atoms. The van der Waals surface area contributed by atoms with Crippen molar-refractivity contribution in [3.63, 3.8) is 0 Å². The van der Waals surface area contributed by atoms with Crippen LogP contribution in [0.4, 0.5) is 0 Å². The Morgan fingerprint density at radius 1 is 1.11 bits per heavy atom. The van der Waals surface area contributed by atoms with Crippen molar-refractivity contribution in [2.75, 3.05) is 5.75 Å². The van der Waals surface area contributed by atoms with Gasteiger partial charge in [-0.25, -0.2) is 0 Å². The van der Waals surface area contributed by atoms with Crippen LogP contribution in [-0.2, 0) is 0 Å². The Labute approximate surface area is 124 Å². The van der Waals surface area contributed by atoms with E-state index in [-0.39, 0.29) is 0 Å². The maximum atomic E-state index is 3.98. The SMILES string of the molecule is CCC(C)(C)C1CCC(NC2CCCSC2C)CC1. The molecule has 0 aromatic heterocycles. The molecule has 1 saturated carbocycles. The minimum absolute atomic E-state index is 0.555. The standard InChI is InChI=1S/C17H33NS/c1-5-17(3,4)14-8-10-15(11-9-14)18-16-7-6-12-19-13(16)2/h13-16,18H,5-12H2,1-4H3. The number of hydrogen-bond donors (Lipinski definition) is 1. The molecular formula is C17H33NS. The summed E-state index contributed by atoms with van der Waals surface area (Å²) in [6, 6.07) is 1.58. The lowest BCUT2D eigenvalue weighted by Crippen LogP contribution is -2.47. The van der Waals surface area contributed by atoms with Gasteiger partial charge in [0.1, 0.15) is 0 Å². The Morgan fingerprint density at radius 3 is 2.37 bits per heavy atom. The Hall–Kier alpha value is 0.310. The number of hydrogen-bond acceptors (Lipinski definition) is 2. The highest BCUT2D eigenvalue weighted by Gasteiger charge is 2.33. The van der Waals surface area contributed by atoms with E-state index in [1.54, 1.807) is 0 Å². The molecule has 0 amide bonds. The lowest BCUT2D eigenvalue weighted by Gasteiger charge is -2.41. The topological polar surface area (TPSA) is 12.0 Å². The summed E-state index contributed by atoms with van der Waals surface area (Å²) >= 11 is 2.16. The summed E-state index contributed by atoms with van der Waals surface area (Å²) in [4.78, 5) is 0. The van der Waals surface area contributed by atoms with Gasteiger partial charge in [-0.15, -0.1) is 0 Å². The van der Waals surface area contributed by atoms with E-state index in [1.807, 2.05) is 0 Å². The minimum atomic E-state index is 0.555. The Morgan fingerprint density at radius 2 is 1.79 bits per heavy atom. The van der Waals surface area contributed by atoms with Gasteiger partial charge in [0.2, 0.25) is 0 Å². The van der Waals surface area contributed by atoms with Gasteiger partial charge >= 0.3 is 0 Å². The van der Waals surface area contributed by atoms with Crippen molar-refractivity contribution < 1.29 is 0 Å². The van der Waals surface area contributed by atoms with Gasteiger partial charge in [0, 0.05) is 17.3 Å². The highest BCUT2D eigenvalue weighted by molar-refractivity contribution is 7.99. The highest BCUT2D eigenvalue weighted by Crippen LogP contribution is 2.40. The first-order chi connectivity index (χ1) is 9.03. The first-order valence-corrected chi connectivity index (χ1v) is 9.45. The Bertz CT molecular complexity index is 268. The molecule has 0 spiro atoms. The normalized spacial score (nSPS) is 37.3. The lowest BCUT2D eigenvalue weighted by molar-refractivity contribution is 0.133. The molecule has 1 N–H and O–H groups in total. The lowest BCUT2D eigenvalue weighted by atomic mass is 9.69. The Balaban J connectivity index is 1.77. The van der Waals surface area contributed by atoms with Gasteiger partial charge in [0.15, 0.2) is 0 Å². The van der Waals surface area contributed by atoms with Crippen LogP contribution in [0.25, 0.3) is 0 Å². The smallest absolute Gasteiger partial charge is 0.0186 e. The highest BCUT2D eigenvalue weighted by atomic mass is 32.2. The molecule has 19 heavy (non-hydrogen) atoms. The first-order valence-electron chi connectivity index (χ1n) is 8.40. The third kappa shape index (κ3) is 4.14. The van der Waals surface area contributed by atoms with Crippen LogP contribution in [0.5, 0.6) is 0 Å². The molecule has 2 unspecified atom stereocenters. The van der Waals surface area contributed by atoms with Crippen molar-refractivity contribution in [2.45, 2.75) is 90.0 Å². The number of nitrogens with one attached hydrogen (secondary N) is 1. The Kier molecular flexibility index (Phi) is 5.65. The second-order valence-corrected chi connectivity index (χ2v) is 8.87. The zero-order valence-electron chi connectivity index (χ0n) is 13.4. The molecule has 1 heterocycles. The predicted octanol–water partition coefficient (Wildman–Crippen LogP) is 4.86. The van der Waals surface area contributed by atoms with Crippen molar-refractivity contribution in [2.24, 2.45) is 11.3 Å². The van der Waals surface area contributed by atoms with E-state index in [0.29, 0.717) is 5.41 Å². The summed E-state index contributed by atoms with van der Waals surface area (Å²) in [5, 5.41) is 4.79. The monoisotopic (exact) mass is 283 g/mol. The maximum Gasteiger partial charge on any atom is 0.0186 e. The predicted molar refractivity (Wildman–Crippen MR) is 87.9 cm³/mol. The molecular weight excluding hydrogens is 250 g/mol. The first kappa shape index (κ1) is 15.7. The van der Waals surface area contributed by atoms with E-state index >= 15 is 0 Å². The molecule has 1 aliphatic carbocycles. The molecule has 2 fully saturated rings. The number of thioether (sulfide) groups is 1. The summed E-state index contributed by atoms with van der Waals surface area (Å²) in [6.45, 7) is 9.69. The van der Waals surface area contributed by atoms with Crippen molar-refractivity contribution >= 4 is 11.8 Å². The van der Waals surface area contributed by atoms with Crippen LogP contribution in [0.1, 0.15) is 72.6 Å². The van der Waals surface area contributed by atoms with Gasteiger partial charge in [-0.05, 0) is 55.6 Å². The van der Waals surface area contributed by atoms with Crippen LogP contribution in [0.15, 0.2) is 0 Å². The minimum Gasteiger partial charge on any atom is -0.310 e. The van der Waals surface area contributed by atoms with Crippen LogP contribution in [-0.4, -0.2) is 23.1 Å². The summed E-state index contributed by atoms with van der Waals surface area (Å²) in [7, 11) is 0. The van der Waals surface area contributed by atoms with Gasteiger partial charge in [-0.3, -0.25) is 0 Å². The molecule has 1 saturated heterocycles. The van der Waals surface area contributed by atoms with E-state index in [2.05, 4.69) is 44.8 Å². The molecule has 2 heteroatoms. The molecule has 1 aliphatic heterocycles. The summed E-state index contributed by atoms with van der Waals surface area (Å²) in [5.74, 6) is 2.32. The molecule has 0 radical (unpaired) electrons. The summed E-state index contributed by atoms with van der Waals surface area (Å²) in [6.07, 6.45) is 9.81. The molecule has 2 aliphatic rings. The zero-order valence-corrected chi connectivity index (χ0v) is 14.2. The fourth-order valence-electron chi connectivity index (χ4n) is 3.78. The number of rotatable bonds is 4. The molecule has 0 aromatic carbocycles. The van der Waals surface area contributed by atoms with E-state index < -0.39 is 0 Å². The summed E-state index contributed by atoms with van der Waals surface area (Å²) in [5.41, 5.74) is 0.555. The van der Waals surface area contributed by atoms with Gasteiger partial charge in [-0.1, -0.05) is 34.1 Å². The van der Waals surface area contributed by atoms with Crippen molar-refractivity contribution in [1.82, 2.24) is 5.32 Å². The van der Waals surface area contributed by atoms with Crippen LogP contribution in [0, 0.1) is 11.3 Å². The van der Waals surface area contributed by atoms with Crippen LogP contribution in [0.3, 0.4) is 0 Å². The van der Waals surface area contributed by atoms with E-state index in [1.165, 1.54) is 50.7 Å². The van der Waals surface area contributed by atoms with Crippen LogP contribution < -0.4 is 5.32 Å².